The predicted octanol–water partition coefficient (Wildman–Crippen LogP) is 12.1. The van der Waals surface area contributed by atoms with Gasteiger partial charge in [-0.05, 0) is 69.4 Å². The van der Waals surface area contributed by atoms with Gasteiger partial charge in [0, 0.05) is 27.5 Å². The lowest BCUT2D eigenvalue weighted by Gasteiger charge is -2.24. The Labute approximate surface area is 311 Å². The first-order chi connectivity index (χ1) is 26.8. The van der Waals surface area contributed by atoms with Gasteiger partial charge in [0.15, 0.2) is 17.5 Å². The number of ether oxygens (including phenoxy) is 1. The molecule has 9 aromatic rings. The molecular weight excluding hydrogens is 663 g/mol. The maximum atomic E-state index is 6.56. The molecule has 2 unspecified atom stereocenters. The number of fused-ring (bicyclic) bond motifs is 7. The summed E-state index contributed by atoms with van der Waals surface area (Å²) >= 11 is 0. The molecule has 54 heavy (non-hydrogen) atoms. The van der Waals surface area contributed by atoms with Crippen molar-refractivity contribution in [1.29, 1.82) is 0 Å². The van der Waals surface area contributed by atoms with Crippen LogP contribution in [0.25, 0.3) is 83.6 Å². The van der Waals surface area contributed by atoms with Gasteiger partial charge in [-0.15, -0.1) is 0 Å². The molecule has 0 amide bonds. The van der Waals surface area contributed by atoms with E-state index in [0.717, 1.165) is 55.2 Å². The van der Waals surface area contributed by atoms with Gasteiger partial charge in [0.1, 0.15) is 23.0 Å². The minimum Gasteiger partial charge on any atom is -0.485 e. The lowest BCUT2D eigenvalue weighted by molar-refractivity contribution is 0.271. The summed E-state index contributed by atoms with van der Waals surface area (Å²) in [4.78, 5) is 15.4. The molecule has 7 aromatic carbocycles. The van der Waals surface area contributed by atoms with E-state index in [9.17, 15) is 0 Å². The van der Waals surface area contributed by atoms with Gasteiger partial charge in [0.2, 0.25) is 0 Å². The largest absolute Gasteiger partial charge is 0.485 e. The van der Waals surface area contributed by atoms with Crippen molar-refractivity contribution in [3.63, 3.8) is 0 Å². The molecular formula is C49H31N3O2. The van der Waals surface area contributed by atoms with E-state index in [1.807, 2.05) is 60.7 Å². The minimum absolute atomic E-state index is 0.0562. The van der Waals surface area contributed by atoms with Gasteiger partial charge in [-0.2, -0.15) is 0 Å². The number of nitrogens with zero attached hydrogens (tertiary/aromatic N) is 3. The van der Waals surface area contributed by atoms with Crippen molar-refractivity contribution in [2.24, 2.45) is 0 Å². The van der Waals surface area contributed by atoms with Crippen LogP contribution in [0.5, 0.6) is 5.75 Å². The Morgan fingerprint density at radius 2 is 1.11 bits per heavy atom. The van der Waals surface area contributed by atoms with E-state index < -0.39 is 0 Å². The summed E-state index contributed by atoms with van der Waals surface area (Å²) in [7, 11) is 0. The van der Waals surface area contributed by atoms with Crippen LogP contribution in [0.15, 0.2) is 180 Å². The molecule has 0 saturated carbocycles. The van der Waals surface area contributed by atoms with Crippen LogP contribution in [-0.2, 0) is 0 Å². The summed E-state index contributed by atoms with van der Waals surface area (Å²) in [6.07, 6.45) is 6.47. The number of benzene rings is 7. The van der Waals surface area contributed by atoms with Crippen molar-refractivity contribution in [2.75, 3.05) is 0 Å². The number of hydrogen-bond acceptors (Lipinski definition) is 5. The first-order valence-corrected chi connectivity index (χ1v) is 18.3. The van der Waals surface area contributed by atoms with Crippen LogP contribution in [0, 0.1) is 0 Å². The lowest BCUT2D eigenvalue weighted by atomic mass is 9.79. The number of para-hydroxylation sites is 2. The third-order valence-electron chi connectivity index (χ3n) is 10.7. The second-order valence-corrected chi connectivity index (χ2v) is 13.8. The number of rotatable bonds is 5. The fourth-order valence-corrected chi connectivity index (χ4v) is 8.23. The Hall–Kier alpha value is -7.11. The van der Waals surface area contributed by atoms with E-state index in [4.69, 9.17) is 24.1 Å². The Morgan fingerprint density at radius 1 is 0.463 bits per heavy atom. The summed E-state index contributed by atoms with van der Waals surface area (Å²) in [5.74, 6) is 2.77. The van der Waals surface area contributed by atoms with Crippen molar-refractivity contribution in [3.05, 3.63) is 187 Å². The molecule has 0 saturated heterocycles. The van der Waals surface area contributed by atoms with Crippen molar-refractivity contribution in [3.8, 4) is 51.0 Å². The van der Waals surface area contributed by atoms with Crippen molar-refractivity contribution in [2.45, 2.75) is 12.0 Å². The molecule has 1 aliphatic carbocycles. The van der Waals surface area contributed by atoms with Gasteiger partial charge in [-0.3, -0.25) is 0 Å². The molecule has 0 radical (unpaired) electrons. The number of furan rings is 1. The van der Waals surface area contributed by atoms with Gasteiger partial charge in [-0.25, -0.2) is 15.0 Å². The fourth-order valence-electron chi connectivity index (χ4n) is 8.23. The molecule has 11 rings (SSSR count). The molecule has 5 heteroatoms. The topological polar surface area (TPSA) is 61.0 Å². The summed E-state index contributed by atoms with van der Waals surface area (Å²) in [5, 5.41) is 4.29. The highest BCUT2D eigenvalue weighted by Crippen LogP contribution is 2.50. The second kappa shape index (κ2) is 12.2. The molecule has 2 atom stereocenters. The van der Waals surface area contributed by atoms with E-state index in [1.165, 1.54) is 27.8 Å². The molecule has 2 aromatic heterocycles. The fraction of sp³-hybridized carbons (Fsp3) is 0.0408. The maximum absolute atomic E-state index is 6.56. The number of hydrogen-bond donors (Lipinski definition) is 0. The molecule has 2 aliphatic rings. The van der Waals surface area contributed by atoms with E-state index in [0.29, 0.717) is 17.5 Å². The summed E-state index contributed by atoms with van der Waals surface area (Å²) < 4.78 is 13.0. The van der Waals surface area contributed by atoms with Gasteiger partial charge in [0.25, 0.3) is 0 Å². The molecule has 0 bridgehead atoms. The van der Waals surface area contributed by atoms with E-state index >= 15 is 0 Å². The van der Waals surface area contributed by atoms with Crippen molar-refractivity contribution in [1.82, 2.24) is 15.0 Å². The van der Waals surface area contributed by atoms with Crippen LogP contribution in [0.1, 0.15) is 17.0 Å². The van der Waals surface area contributed by atoms with Crippen LogP contribution in [0.4, 0.5) is 0 Å². The SMILES string of the molecule is C1=CC2Oc3ccc(-c4ccccc4)cc3C2C(c2ccc(-c3nc(-c4ccccc4)nc(-c4cccc5c4oc4ccccc45)n3)c3ccccc23)=C1. The molecule has 5 nitrogen and oxygen atoms in total. The smallest absolute Gasteiger partial charge is 0.167 e. The highest BCUT2D eigenvalue weighted by molar-refractivity contribution is 6.09. The van der Waals surface area contributed by atoms with Gasteiger partial charge in [0.05, 0.1) is 11.5 Å². The maximum Gasteiger partial charge on any atom is 0.167 e. The molecule has 3 heterocycles. The third-order valence-corrected chi connectivity index (χ3v) is 10.7. The standard InChI is InChI=1S/C49H31N3O2/c1-3-13-30(14-4-1)32-25-28-43-41(29-32)45-37(20-12-24-44(45)53-43)35-26-27-39(34-18-8-7-17-33(34)35)48-50-47(31-15-5-2-6-16-31)51-49(52-48)40-22-11-21-38-36-19-9-10-23-42(36)54-46(38)40/h1-29,44-45H. The number of allylic oxidation sites excluding steroid dienone is 2. The van der Waals surface area contributed by atoms with E-state index in [-0.39, 0.29) is 12.0 Å². The highest BCUT2D eigenvalue weighted by Gasteiger charge is 2.38. The van der Waals surface area contributed by atoms with Crippen LogP contribution in [0.2, 0.25) is 0 Å². The van der Waals surface area contributed by atoms with Crippen molar-refractivity contribution < 1.29 is 9.15 Å². The summed E-state index contributed by atoms with van der Waals surface area (Å²) in [6.45, 7) is 0. The zero-order chi connectivity index (χ0) is 35.6. The normalized spacial score (nSPS) is 16.0. The molecule has 254 valence electrons. The Morgan fingerprint density at radius 3 is 1.93 bits per heavy atom. The van der Waals surface area contributed by atoms with Gasteiger partial charge >= 0.3 is 0 Å². The van der Waals surface area contributed by atoms with Gasteiger partial charge in [-0.1, -0.05) is 140 Å². The zero-order valence-corrected chi connectivity index (χ0v) is 29.1. The monoisotopic (exact) mass is 693 g/mol. The number of aromatic nitrogens is 3. The summed E-state index contributed by atoms with van der Waals surface area (Å²) in [6, 6.07) is 54.5. The van der Waals surface area contributed by atoms with E-state index in [2.05, 4.69) is 115 Å². The first-order valence-electron chi connectivity index (χ1n) is 18.3. The predicted molar refractivity (Wildman–Crippen MR) is 217 cm³/mol. The zero-order valence-electron chi connectivity index (χ0n) is 29.1. The van der Waals surface area contributed by atoms with Gasteiger partial charge < -0.3 is 9.15 Å². The average Bonchev–Trinajstić information content (AvgIpc) is 3.82. The molecule has 0 fully saturated rings. The van der Waals surface area contributed by atoms with Crippen LogP contribution < -0.4 is 4.74 Å². The average molecular weight is 694 g/mol. The van der Waals surface area contributed by atoms with E-state index in [1.54, 1.807) is 0 Å². The Kier molecular flexibility index (Phi) is 6.92. The summed E-state index contributed by atoms with van der Waals surface area (Å²) in [5.41, 5.74) is 10.3. The molecule has 0 N–H and O–H groups in total. The lowest BCUT2D eigenvalue weighted by Crippen LogP contribution is -2.19. The first kappa shape index (κ1) is 30.5. The second-order valence-electron chi connectivity index (χ2n) is 13.8. The Bertz CT molecular complexity index is 2980. The highest BCUT2D eigenvalue weighted by atomic mass is 16.5. The molecule has 0 spiro atoms. The quantitative estimate of drug-likeness (QED) is 0.180. The van der Waals surface area contributed by atoms with Crippen molar-refractivity contribution >= 4 is 38.3 Å². The van der Waals surface area contributed by atoms with Crippen LogP contribution in [0.3, 0.4) is 0 Å². The third kappa shape index (κ3) is 4.90. The minimum atomic E-state index is -0.0788. The Balaban J connectivity index is 1.08. The van der Waals surface area contributed by atoms with Crippen LogP contribution >= 0.6 is 0 Å². The van der Waals surface area contributed by atoms with Crippen LogP contribution in [-0.4, -0.2) is 21.1 Å². The molecule has 1 aliphatic heterocycles.